The second-order valence-corrected chi connectivity index (χ2v) is 2.86. The first-order chi connectivity index (χ1) is 7.69. The van der Waals surface area contributed by atoms with E-state index in [0.29, 0.717) is 6.54 Å². The van der Waals surface area contributed by atoms with Crippen LogP contribution in [0.5, 0.6) is 0 Å². The van der Waals surface area contributed by atoms with Gasteiger partial charge in [-0.05, 0) is 19.1 Å². The highest BCUT2D eigenvalue weighted by molar-refractivity contribution is 5.92. The summed E-state index contributed by atoms with van der Waals surface area (Å²) >= 11 is 0. The van der Waals surface area contributed by atoms with Crippen LogP contribution in [0.4, 0.5) is 0 Å². The van der Waals surface area contributed by atoms with Crippen LogP contribution in [0.1, 0.15) is 24.5 Å². The van der Waals surface area contributed by atoms with Crippen molar-refractivity contribution in [3.05, 3.63) is 5.82 Å². The standard InChI is InChI=1S/C8H13N5O3/c1-3-13(5-6(14)16-4-2)8(15)7-9-11-12-10-7/h3-5H2,1-2H3,(H,9,10,11,12). The molecule has 1 N–H and O–H groups in total. The monoisotopic (exact) mass is 227 g/mol. The van der Waals surface area contributed by atoms with Crippen LogP contribution in [0.15, 0.2) is 0 Å². The lowest BCUT2D eigenvalue weighted by atomic mass is 10.4. The molecule has 0 aliphatic heterocycles. The molecule has 0 unspecified atom stereocenters. The molecule has 16 heavy (non-hydrogen) atoms. The Bertz CT molecular complexity index is 351. The van der Waals surface area contributed by atoms with Crippen LogP contribution in [0.2, 0.25) is 0 Å². The normalized spacial score (nSPS) is 9.88. The van der Waals surface area contributed by atoms with Crippen LogP contribution in [0, 0.1) is 0 Å². The summed E-state index contributed by atoms with van der Waals surface area (Å²) in [4.78, 5) is 24.2. The Kier molecular flexibility index (Phi) is 4.37. The molecule has 0 spiro atoms. The van der Waals surface area contributed by atoms with Crippen molar-refractivity contribution in [2.24, 2.45) is 0 Å². The Morgan fingerprint density at radius 2 is 2.19 bits per heavy atom. The molecule has 1 rings (SSSR count). The van der Waals surface area contributed by atoms with Crippen molar-refractivity contribution in [2.75, 3.05) is 19.7 Å². The van der Waals surface area contributed by atoms with E-state index in [1.54, 1.807) is 13.8 Å². The zero-order valence-electron chi connectivity index (χ0n) is 9.13. The van der Waals surface area contributed by atoms with Gasteiger partial charge in [-0.15, -0.1) is 10.2 Å². The van der Waals surface area contributed by atoms with Gasteiger partial charge in [-0.3, -0.25) is 9.59 Å². The summed E-state index contributed by atoms with van der Waals surface area (Å²) in [7, 11) is 0. The second-order valence-electron chi connectivity index (χ2n) is 2.86. The van der Waals surface area contributed by atoms with Crippen molar-refractivity contribution in [3.8, 4) is 0 Å². The van der Waals surface area contributed by atoms with Gasteiger partial charge in [0.05, 0.1) is 6.61 Å². The van der Waals surface area contributed by atoms with E-state index < -0.39 is 11.9 Å². The SMILES string of the molecule is CCOC(=O)CN(CC)C(=O)c1nn[nH]n1. The lowest BCUT2D eigenvalue weighted by molar-refractivity contribution is -0.143. The van der Waals surface area contributed by atoms with E-state index in [1.165, 1.54) is 4.90 Å². The first-order valence-corrected chi connectivity index (χ1v) is 4.87. The molecule has 88 valence electrons. The Morgan fingerprint density at radius 3 is 2.69 bits per heavy atom. The number of aromatic amines is 1. The molecule has 0 atom stereocenters. The number of nitrogens with one attached hydrogen (secondary N) is 1. The van der Waals surface area contributed by atoms with E-state index in [9.17, 15) is 9.59 Å². The predicted octanol–water partition coefficient (Wildman–Crippen LogP) is -0.775. The Hall–Kier alpha value is -1.99. The molecule has 0 bridgehead atoms. The van der Waals surface area contributed by atoms with E-state index in [-0.39, 0.29) is 19.0 Å². The lowest BCUT2D eigenvalue weighted by Crippen LogP contribution is -2.36. The van der Waals surface area contributed by atoms with Crippen molar-refractivity contribution < 1.29 is 14.3 Å². The number of amides is 1. The van der Waals surface area contributed by atoms with Gasteiger partial charge in [0.25, 0.3) is 11.7 Å². The largest absolute Gasteiger partial charge is 0.465 e. The lowest BCUT2D eigenvalue weighted by Gasteiger charge is -2.17. The van der Waals surface area contributed by atoms with Gasteiger partial charge >= 0.3 is 5.97 Å². The molecule has 1 amide bonds. The van der Waals surface area contributed by atoms with Crippen molar-refractivity contribution in [1.29, 1.82) is 0 Å². The Morgan fingerprint density at radius 1 is 1.44 bits per heavy atom. The third-order valence-corrected chi connectivity index (χ3v) is 1.83. The minimum Gasteiger partial charge on any atom is -0.465 e. The van der Waals surface area contributed by atoms with Crippen LogP contribution in [0.25, 0.3) is 0 Å². The number of tetrazole rings is 1. The number of likely N-dealkylation sites (N-methyl/N-ethyl adjacent to an activating group) is 1. The summed E-state index contributed by atoms with van der Waals surface area (Å²) in [5.41, 5.74) is 0. The van der Waals surface area contributed by atoms with Gasteiger partial charge in [0.15, 0.2) is 0 Å². The molecule has 0 radical (unpaired) electrons. The maximum absolute atomic E-state index is 11.7. The van der Waals surface area contributed by atoms with E-state index >= 15 is 0 Å². The van der Waals surface area contributed by atoms with E-state index in [2.05, 4.69) is 20.6 Å². The van der Waals surface area contributed by atoms with E-state index in [0.717, 1.165) is 0 Å². The summed E-state index contributed by atoms with van der Waals surface area (Å²) in [5, 5.41) is 12.5. The van der Waals surface area contributed by atoms with Gasteiger partial charge in [0.1, 0.15) is 6.54 Å². The first-order valence-electron chi connectivity index (χ1n) is 4.87. The smallest absolute Gasteiger partial charge is 0.325 e. The Labute approximate surface area is 92.0 Å². The predicted molar refractivity (Wildman–Crippen MR) is 52.4 cm³/mol. The summed E-state index contributed by atoms with van der Waals surface area (Å²) in [6.45, 7) is 3.99. The zero-order valence-corrected chi connectivity index (χ0v) is 9.13. The van der Waals surface area contributed by atoms with Crippen LogP contribution in [0.3, 0.4) is 0 Å². The number of carbonyl (C=O) groups excluding carboxylic acids is 2. The number of nitrogens with zero attached hydrogens (tertiary/aromatic N) is 4. The molecule has 8 nitrogen and oxygen atoms in total. The van der Waals surface area contributed by atoms with Gasteiger partial charge in [0.2, 0.25) is 0 Å². The Balaban J connectivity index is 2.61. The molecule has 0 fully saturated rings. The molecule has 1 aromatic heterocycles. The fourth-order valence-corrected chi connectivity index (χ4v) is 1.08. The number of esters is 1. The molecule has 8 heteroatoms. The number of hydrogen-bond acceptors (Lipinski definition) is 6. The zero-order chi connectivity index (χ0) is 12.0. The van der Waals surface area contributed by atoms with Crippen molar-refractivity contribution in [2.45, 2.75) is 13.8 Å². The summed E-state index contributed by atoms with van der Waals surface area (Å²) in [5.74, 6) is -0.975. The minimum absolute atomic E-state index is 0.0638. The van der Waals surface area contributed by atoms with Crippen molar-refractivity contribution in [3.63, 3.8) is 0 Å². The van der Waals surface area contributed by atoms with Gasteiger partial charge in [-0.2, -0.15) is 5.21 Å². The highest BCUT2D eigenvalue weighted by Crippen LogP contribution is 1.97. The maximum atomic E-state index is 11.7. The average Bonchev–Trinajstić information content (AvgIpc) is 2.78. The van der Waals surface area contributed by atoms with Crippen molar-refractivity contribution >= 4 is 11.9 Å². The number of H-pyrrole nitrogens is 1. The fraction of sp³-hybridized carbons (Fsp3) is 0.625. The number of aromatic nitrogens is 4. The molecule has 0 saturated carbocycles. The summed E-state index contributed by atoms with van der Waals surface area (Å²) in [6.07, 6.45) is 0. The van der Waals surface area contributed by atoms with Crippen LogP contribution >= 0.6 is 0 Å². The number of rotatable bonds is 5. The van der Waals surface area contributed by atoms with Crippen LogP contribution in [-0.2, 0) is 9.53 Å². The molecule has 1 heterocycles. The molecular formula is C8H13N5O3. The summed E-state index contributed by atoms with van der Waals surface area (Å²) in [6, 6.07) is 0. The highest BCUT2D eigenvalue weighted by atomic mass is 16.5. The molecule has 0 aliphatic rings. The quantitative estimate of drug-likeness (QED) is 0.662. The van der Waals surface area contributed by atoms with Gasteiger partial charge < -0.3 is 9.64 Å². The fourth-order valence-electron chi connectivity index (χ4n) is 1.08. The highest BCUT2D eigenvalue weighted by Gasteiger charge is 2.21. The molecule has 1 aromatic rings. The van der Waals surface area contributed by atoms with Gasteiger partial charge in [-0.25, -0.2) is 0 Å². The topological polar surface area (TPSA) is 101 Å². The van der Waals surface area contributed by atoms with E-state index in [4.69, 9.17) is 4.74 Å². The van der Waals surface area contributed by atoms with Gasteiger partial charge in [-0.1, -0.05) is 0 Å². The third-order valence-electron chi connectivity index (χ3n) is 1.83. The third kappa shape index (κ3) is 3.01. The molecule has 0 aromatic carbocycles. The summed E-state index contributed by atoms with van der Waals surface area (Å²) < 4.78 is 4.74. The first kappa shape index (κ1) is 12.1. The second kappa shape index (κ2) is 5.79. The number of ether oxygens (including phenoxy) is 1. The minimum atomic E-state index is -0.457. The molecule has 0 saturated heterocycles. The van der Waals surface area contributed by atoms with Gasteiger partial charge in [0, 0.05) is 6.54 Å². The van der Waals surface area contributed by atoms with Crippen LogP contribution < -0.4 is 0 Å². The molecular weight excluding hydrogens is 214 g/mol. The number of carbonyl (C=O) groups is 2. The maximum Gasteiger partial charge on any atom is 0.325 e. The van der Waals surface area contributed by atoms with Crippen LogP contribution in [-0.4, -0.2) is 57.1 Å². The average molecular weight is 227 g/mol. The molecule has 0 aliphatic carbocycles. The van der Waals surface area contributed by atoms with E-state index in [1.807, 2.05) is 0 Å². The van der Waals surface area contributed by atoms with Crippen molar-refractivity contribution in [1.82, 2.24) is 25.5 Å². The number of hydrogen-bond donors (Lipinski definition) is 1.